The molecule has 3 aromatic carbocycles. The molecule has 4 heterocycles. The third kappa shape index (κ3) is 17.6. The predicted octanol–water partition coefficient (Wildman–Crippen LogP) is -3.12. The first kappa shape index (κ1) is 59.5. The van der Waals surface area contributed by atoms with Crippen LogP contribution in [0.25, 0.3) is 12.2 Å². The van der Waals surface area contributed by atoms with E-state index < -0.39 is 40.1 Å². The van der Waals surface area contributed by atoms with Gasteiger partial charge < -0.3 is 70.4 Å². The molecule has 2 aliphatic rings. The molecule has 0 amide bonds. The van der Waals surface area contributed by atoms with Crippen molar-refractivity contribution in [1.29, 1.82) is 0 Å². The summed E-state index contributed by atoms with van der Waals surface area (Å²) in [5.74, 6) is 0.474. The summed E-state index contributed by atoms with van der Waals surface area (Å²) in [6, 6.07) is 12.7. The largest absolute Gasteiger partial charge is 1.00 e. The SMILES string of the molecule is O=S(=O)([O-])c1cc(Nc2nc(Nc3ccc(S(=O)(=O)O)cc3)nc(N3CCOCC3)n2)ccc1C=Cc1ccc(Nc2nc(N(CCO)CCO)nc(N3CCOCC3)n2)cc1S(=O)(=O)O.OCCNCCO.[Na+]. The molecular weight excluding hydrogens is 1050 g/mol. The Bertz CT molecular complexity index is 3000. The van der Waals surface area contributed by atoms with E-state index in [-0.39, 0.29) is 132 Å². The van der Waals surface area contributed by atoms with E-state index >= 15 is 0 Å². The van der Waals surface area contributed by atoms with Gasteiger partial charge in [0.15, 0.2) is 0 Å². The van der Waals surface area contributed by atoms with Crippen molar-refractivity contribution in [2.45, 2.75) is 14.7 Å². The molecule has 0 atom stereocenters. The monoisotopic (exact) mass is 1100 g/mol. The first-order valence-corrected chi connectivity index (χ1v) is 26.5. The van der Waals surface area contributed by atoms with Gasteiger partial charge in [-0.1, -0.05) is 24.3 Å². The van der Waals surface area contributed by atoms with Gasteiger partial charge in [0.2, 0.25) is 35.7 Å². The van der Waals surface area contributed by atoms with Crippen LogP contribution in [0.2, 0.25) is 0 Å². The molecule has 0 radical (unpaired) electrons. The number of nitrogens with one attached hydrogen (secondary N) is 4. The van der Waals surface area contributed by atoms with Crippen LogP contribution in [0.5, 0.6) is 0 Å². The molecule has 0 bridgehead atoms. The van der Waals surface area contributed by atoms with E-state index in [1.165, 1.54) is 60.7 Å². The number of anilines is 9. The molecule has 5 aromatic rings. The van der Waals surface area contributed by atoms with Crippen LogP contribution in [0.15, 0.2) is 75.4 Å². The fourth-order valence-electron chi connectivity index (χ4n) is 6.89. The minimum Gasteiger partial charge on any atom is -0.744 e. The van der Waals surface area contributed by atoms with Crippen molar-refractivity contribution in [2.24, 2.45) is 0 Å². The Morgan fingerprint density at radius 3 is 1.45 bits per heavy atom. The van der Waals surface area contributed by atoms with E-state index in [1.807, 2.05) is 9.80 Å². The topological polar surface area (TPSA) is 400 Å². The first-order chi connectivity index (χ1) is 34.9. The molecule has 0 aliphatic carbocycles. The summed E-state index contributed by atoms with van der Waals surface area (Å²) in [4.78, 5) is 30.3. The summed E-state index contributed by atoms with van der Waals surface area (Å²) in [7, 11) is -14.5. The van der Waals surface area contributed by atoms with Crippen molar-refractivity contribution in [3.05, 3.63) is 71.8 Å². The summed E-state index contributed by atoms with van der Waals surface area (Å²) < 4.78 is 117. The van der Waals surface area contributed by atoms with Crippen LogP contribution < -0.4 is 65.5 Å². The normalized spacial score (nSPS) is 14.2. The summed E-state index contributed by atoms with van der Waals surface area (Å²) in [5.41, 5.74) is 0.302. The van der Waals surface area contributed by atoms with E-state index in [0.717, 1.165) is 12.1 Å². The molecular formula is C42H54N13NaO15S3. The minimum atomic E-state index is -5.18. The van der Waals surface area contributed by atoms with Crippen molar-refractivity contribution in [3.63, 3.8) is 0 Å². The van der Waals surface area contributed by atoms with Crippen molar-refractivity contribution in [2.75, 3.05) is 136 Å². The van der Waals surface area contributed by atoms with Crippen molar-refractivity contribution in [1.82, 2.24) is 35.2 Å². The molecule has 2 aliphatic heterocycles. The van der Waals surface area contributed by atoms with Crippen molar-refractivity contribution in [3.8, 4) is 0 Å². The molecule has 74 heavy (non-hydrogen) atoms. The Balaban J connectivity index is 0.00000118. The van der Waals surface area contributed by atoms with Gasteiger partial charge in [-0.15, -0.1) is 0 Å². The summed E-state index contributed by atoms with van der Waals surface area (Å²) >= 11 is 0. The summed E-state index contributed by atoms with van der Waals surface area (Å²) in [6.45, 7) is 4.44. The number of aliphatic hydroxyl groups is 4. The average molecular weight is 1100 g/mol. The quantitative estimate of drug-likeness (QED) is 0.0142. The first-order valence-electron chi connectivity index (χ1n) is 22.2. The Labute approximate surface area is 448 Å². The fraction of sp³-hybridized carbons (Fsp3) is 0.381. The van der Waals surface area contributed by atoms with Gasteiger partial charge in [0.1, 0.15) is 15.0 Å². The molecule has 0 saturated carbocycles. The third-order valence-corrected chi connectivity index (χ3v) is 13.0. The molecule has 28 nitrogen and oxygen atoms in total. The van der Waals surface area contributed by atoms with Crippen LogP contribution in [0, 0.1) is 0 Å². The summed E-state index contributed by atoms with van der Waals surface area (Å²) in [5, 5.41) is 47.1. The molecule has 396 valence electrons. The third-order valence-electron chi connectivity index (χ3n) is 10.4. The van der Waals surface area contributed by atoms with E-state index in [0.29, 0.717) is 71.4 Å². The van der Waals surface area contributed by atoms with Crippen LogP contribution in [0.4, 0.5) is 52.8 Å². The number of ether oxygens (including phenoxy) is 2. The van der Waals surface area contributed by atoms with Gasteiger partial charge >= 0.3 is 29.6 Å². The number of benzene rings is 3. The molecule has 0 unspecified atom stereocenters. The Morgan fingerprint density at radius 1 is 0.568 bits per heavy atom. The molecule has 2 aromatic heterocycles. The second kappa shape index (κ2) is 28.0. The van der Waals surface area contributed by atoms with Gasteiger partial charge in [-0.2, -0.15) is 46.7 Å². The molecule has 32 heteroatoms. The Morgan fingerprint density at radius 2 is 1.00 bits per heavy atom. The fourth-order valence-corrected chi connectivity index (χ4v) is 8.78. The number of morpholine rings is 2. The van der Waals surface area contributed by atoms with E-state index in [9.17, 15) is 49.1 Å². The average Bonchev–Trinajstić information content (AvgIpc) is 3.36. The van der Waals surface area contributed by atoms with Crippen LogP contribution >= 0.6 is 0 Å². The molecule has 2 fully saturated rings. The van der Waals surface area contributed by atoms with Crippen LogP contribution in [-0.4, -0.2) is 194 Å². The van der Waals surface area contributed by atoms with Gasteiger partial charge in [-0.3, -0.25) is 9.11 Å². The molecule has 7 rings (SSSR count). The zero-order valence-corrected chi connectivity index (χ0v) is 44.3. The van der Waals surface area contributed by atoms with Crippen molar-refractivity contribution >= 4 is 95.3 Å². The predicted molar refractivity (Wildman–Crippen MR) is 265 cm³/mol. The van der Waals surface area contributed by atoms with Crippen molar-refractivity contribution < 1.29 is 98.4 Å². The molecule has 0 spiro atoms. The number of aromatic nitrogens is 6. The number of rotatable bonds is 22. The second-order valence-corrected chi connectivity index (χ2v) is 19.7. The Hall–Kier alpha value is -5.33. The zero-order valence-electron chi connectivity index (χ0n) is 39.8. The van der Waals surface area contributed by atoms with Gasteiger partial charge in [0, 0.05) is 69.4 Å². The van der Waals surface area contributed by atoms with E-state index in [2.05, 4.69) is 51.2 Å². The van der Waals surface area contributed by atoms with Gasteiger partial charge in [0.05, 0.1) is 62.6 Å². The smallest absolute Gasteiger partial charge is 0.744 e. The Kier molecular flexibility index (Phi) is 22.5. The molecule has 10 N–H and O–H groups in total. The number of hydrogen-bond donors (Lipinski definition) is 10. The maximum Gasteiger partial charge on any atom is 1.00 e. The second-order valence-electron chi connectivity index (χ2n) is 15.5. The number of aliphatic hydroxyl groups excluding tert-OH is 4. The van der Waals surface area contributed by atoms with Crippen LogP contribution in [0.1, 0.15) is 11.1 Å². The maximum atomic E-state index is 12.7. The summed E-state index contributed by atoms with van der Waals surface area (Å²) in [6.07, 6.45) is 2.38. The zero-order chi connectivity index (χ0) is 52.6. The van der Waals surface area contributed by atoms with E-state index in [1.54, 1.807) is 4.90 Å². The van der Waals surface area contributed by atoms with E-state index in [4.69, 9.17) is 19.7 Å². The maximum absolute atomic E-state index is 12.7. The van der Waals surface area contributed by atoms with Gasteiger partial charge in [-0.05, 0) is 59.7 Å². The van der Waals surface area contributed by atoms with Crippen LogP contribution in [-0.2, 0) is 39.8 Å². The minimum absolute atomic E-state index is 0. The van der Waals surface area contributed by atoms with Gasteiger partial charge in [-0.25, -0.2) is 8.42 Å². The number of nitrogens with zero attached hydrogens (tertiary/aromatic N) is 9. The van der Waals surface area contributed by atoms with Gasteiger partial charge in [0.25, 0.3) is 20.2 Å². The molecule has 2 saturated heterocycles. The standard InChI is InChI=1S/C38H44N12O13S3.C4H11NO2.Na/c51-17-11-48(12-18-52)37-45-35(46-38(47-37)50-15-21-63-22-16-50)41-29-6-4-26(32(24-29)66(59,60)61)2-1-25-3-5-28(23-31(25)65(56,57)58)40-34-42-33(43-36(44-34)49-13-19-62-20-14-49)39-27-7-9-30(10-8-27)64(53,54)55;6-3-1-5-2-4-7;/h1-10,23-24,51-52H,11-22H2,(H,53,54,55)(H,56,57,58)(H,59,60,61)(H,41,45,46,47)(H2,39,40,42,43,44);5-7H,1-4H2;/q;;+1/p-1. The van der Waals surface area contributed by atoms with Crippen LogP contribution in [0.3, 0.4) is 0 Å². The number of hydrogen-bond acceptors (Lipinski definition) is 26.